The number of fused-ring (bicyclic) bond motifs is 1. The van der Waals surface area contributed by atoms with Crippen molar-refractivity contribution < 1.29 is 4.79 Å². The lowest BCUT2D eigenvalue weighted by atomic mass is 9.88. The number of hydrogen-bond acceptors (Lipinski definition) is 3. The summed E-state index contributed by atoms with van der Waals surface area (Å²) in [5, 5.41) is 2.26. The van der Waals surface area contributed by atoms with E-state index in [2.05, 4.69) is 23.2 Å². The number of nitrogens with two attached hydrogens (primary N) is 1. The van der Waals surface area contributed by atoms with E-state index in [-0.39, 0.29) is 11.7 Å². The van der Waals surface area contributed by atoms with Gasteiger partial charge in [0.15, 0.2) is 5.78 Å². The molecule has 2 aromatic carbocycles. The third-order valence-electron chi connectivity index (χ3n) is 5.18. The Morgan fingerprint density at radius 2 is 2.08 bits per heavy atom. The molecular weight excluding hydrogens is 296 g/mol. The average molecular weight is 320 g/mol. The van der Waals surface area contributed by atoms with Gasteiger partial charge in [0.25, 0.3) is 0 Å². The molecule has 1 atom stereocenters. The van der Waals surface area contributed by atoms with Gasteiger partial charge in [-0.15, -0.1) is 0 Å². The predicted molar refractivity (Wildman–Crippen MR) is 97.8 cm³/mol. The molecule has 1 heterocycles. The topological polar surface area (TPSA) is 46.3 Å². The fourth-order valence-electron chi connectivity index (χ4n) is 3.73. The number of carbonyl (C=O) groups excluding carboxylic acids is 1. The monoisotopic (exact) mass is 320 g/mol. The zero-order chi connectivity index (χ0) is 16.5. The van der Waals surface area contributed by atoms with Gasteiger partial charge in [-0.3, -0.25) is 4.79 Å². The lowest BCUT2D eigenvalue weighted by Crippen LogP contribution is -2.35. The van der Waals surface area contributed by atoms with Crippen molar-refractivity contribution in [1.82, 2.24) is 4.90 Å². The molecule has 0 aromatic heterocycles. The van der Waals surface area contributed by atoms with E-state index in [4.69, 9.17) is 5.73 Å². The number of piperidine rings is 1. The largest absolute Gasteiger partial charge is 0.377 e. The second-order valence-electron chi connectivity index (χ2n) is 7.05. The normalized spacial score (nSPS) is 20.3. The highest BCUT2D eigenvalue weighted by molar-refractivity contribution is 6.02. The summed E-state index contributed by atoms with van der Waals surface area (Å²) in [5.41, 5.74) is 9.33. The van der Waals surface area contributed by atoms with E-state index in [1.807, 2.05) is 24.3 Å². The van der Waals surface area contributed by atoms with Gasteiger partial charge in [0.2, 0.25) is 0 Å². The van der Waals surface area contributed by atoms with E-state index < -0.39 is 0 Å². The van der Waals surface area contributed by atoms with Crippen LogP contribution >= 0.6 is 0 Å². The molecule has 0 bridgehead atoms. The Hall–Kier alpha value is -2.13. The van der Waals surface area contributed by atoms with Crippen LogP contribution in [0.1, 0.15) is 41.6 Å². The number of carbonyl (C=O) groups is 1. The maximum atomic E-state index is 13.1. The molecule has 3 nitrogen and oxygen atoms in total. The molecule has 2 aliphatic rings. The van der Waals surface area contributed by atoms with Crippen LogP contribution in [0.2, 0.25) is 0 Å². The van der Waals surface area contributed by atoms with Crippen molar-refractivity contribution in [3.63, 3.8) is 0 Å². The summed E-state index contributed by atoms with van der Waals surface area (Å²) in [4.78, 5) is 15.4. The fraction of sp³-hybridized carbons (Fsp3) is 0.381. The van der Waals surface area contributed by atoms with Crippen LogP contribution in [0.4, 0.5) is 0 Å². The van der Waals surface area contributed by atoms with Crippen LogP contribution in [0.5, 0.6) is 0 Å². The third kappa shape index (κ3) is 3.09. The summed E-state index contributed by atoms with van der Waals surface area (Å²) >= 11 is 0. The summed E-state index contributed by atoms with van der Waals surface area (Å²) in [6.07, 6.45) is 6.84. The Morgan fingerprint density at radius 1 is 1.25 bits per heavy atom. The van der Waals surface area contributed by atoms with Crippen molar-refractivity contribution in [2.45, 2.75) is 32.2 Å². The van der Waals surface area contributed by atoms with E-state index in [1.165, 1.54) is 18.4 Å². The fourth-order valence-corrected chi connectivity index (χ4v) is 3.73. The van der Waals surface area contributed by atoms with Gasteiger partial charge >= 0.3 is 0 Å². The number of nitrogens with zero attached hydrogens (tertiary/aromatic N) is 1. The molecule has 2 fully saturated rings. The number of rotatable bonds is 4. The molecule has 1 unspecified atom stereocenters. The van der Waals surface area contributed by atoms with Crippen molar-refractivity contribution in [2.24, 2.45) is 11.7 Å². The zero-order valence-electron chi connectivity index (χ0n) is 14.0. The van der Waals surface area contributed by atoms with Crippen molar-refractivity contribution in [2.75, 3.05) is 13.1 Å². The summed E-state index contributed by atoms with van der Waals surface area (Å²) < 4.78 is 0. The molecule has 1 saturated carbocycles. The molecule has 3 heteroatoms. The Balaban J connectivity index is 1.61. The molecule has 1 aliphatic carbocycles. The van der Waals surface area contributed by atoms with Gasteiger partial charge in [-0.25, -0.2) is 0 Å². The van der Waals surface area contributed by atoms with Crippen molar-refractivity contribution >= 4 is 16.6 Å². The molecular formula is C21H24N2O. The van der Waals surface area contributed by atoms with Crippen molar-refractivity contribution in [3.05, 3.63) is 59.3 Å². The Morgan fingerprint density at radius 3 is 2.88 bits per heavy atom. The van der Waals surface area contributed by atoms with Crippen LogP contribution < -0.4 is 5.73 Å². The van der Waals surface area contributed by atoms with E-state index in [9.17, 15) is 4.79 Å². The summed E-state index contributed by atoms with van der Waals surface area (Å²) in [6, 6.07) is 12.2. The number of ketones is 1. The number of likely N-dealkylation sites (tertiary alicyclic amines) is 1. The maximum absolute atomic E-state index is 13.1. The summed E-state index contributed by atoms with van der Waals surface area (Å²) in [6.45, 7) is 2.40. The molecule has 1 aliphatic heterocycles. The number of benzene rings is 2. The number of allylic oxidation sites excluding steroid dienone is 1. The first-order chi connectivity index (χ1) is 11.7. The maximum Gasteiger partial charge on any atom is 0.167 e. The highest BCUT2D eigenvalue weighted by Gasteiger charge is 2.27. The Labute approximate surface area is 143 Å². The average Bonchev–Trinajstić information content (AvgIpc) is 3.44. The van der Waals surface area contributed by atoms with Crippen LogP contribution in [0, 0.1) is 5.92 Å². The highest BCUT2D eigenvalue weighted by atomic mass is 16.1. The van der Waals surface area contributed by atoms with E-state index in [0.29, 0.717) is 6.54 Å². The second-order valence-corrected chi connectivity index (χ2v) is 7.05. The lowest BCUT2D eigenvalue weighted by molar-refractivity contribution is 0.0856. The van der Waals surface area contributed by atoms with E-state index >= 15 is 0 Å². The Kier molecular flexibility index (Phi) is 4.11. The first-order valence-corrected chi connectivity index (χ1v) is 8.94. The van der Waals surface area contributed by atoms with Gasteiger partial charge in [0.05, 0.1) is 0 Å². The number of hydrogen-bond donors (Lipinski definition) is 1. The predicted octanol–water partition coefficient (Wildman–Crippen LogP) is 3.87. The van der Waals surface area contributed by atoms with Gasteiger partial charge < -0.3 is 10.6 Å². The van der Waals surface area contributed by atoms with E-state index in [0.717, 1.165) is 47.8 Å². The van der Waals surface area contributed by atoms with Gasteiger partial charge in [-0.1, -0.05) is 29.8 Å². The first-order valence-electron chi connectivity index (χ1n) is 8.94. The molecule has 2 N–H and O–H groups in total. The van der Waals surface area contributed by atoms with Crippen molar-refractivity contribution in [1.29, 1.82) is 0 Å². The zero-order valence-corrected chi connectivity index (χ0v) is 14.0. The molecule has 124 valence electrons. The van der Waals surface area contributed by atoms with Crippen LogP contribution in [0.3, 0.4) is 0 Å². The van der Waals surface area contributed by atoms with Gasteiger partial charge in [0, 0.05) is 31.1 Å². The van der Waals surface area contributed by atoms with Gasteiger partial charge in [0.1, 0.15) is 0 Å². The first kappa shape index (κ1) is 15.4. The minimum Gasteiger partial charge on any atom is -0.377 e. The molecule has 0 radical (unpaired) electrons. The lowest BCUT2D eigenvalue weighted by Gasteiger charge is -2.31. The minimum absolute atomic E-state index is 0.0983. The third-order valence-corrected chi connectivity index (χ3v) is 5.18. The second kappa shape index (κ2) is 6.40. The molecule has 0 amide bonds. The van der Waals surface area contributed by atoms with Crippen molar-refractivity contribution in [3.8, 4) is 0 Å². The summed E-state index contributed by atoms with van der Waals surface area (Å²) in [5.74, 6) is 0.371. The summed E-state index contributed by atoms with van der Waals surface area (Å²) in [7, 11) is 0. The van der Waals surface area contributed by atoms with Gasteiger partial charge in [-0.05, 0) is 60.4 Å². The molecule has 0 spiro atoms. The van der Waals surface area contributed by atoms with Crippen LogP contribution in [-0.4, -0.2) is 23.8 Å². The smallest absolute Gasteiger partial charge is 0.167 e. The Bertz CT molecular complexity index is 803. The minimum atomic E-state index is 0.0983. The van der Waals surface area contributed by atoms with Gasteiger partial charge in [-0.2, -0.15) is 0 Å². The molecule has 4 rings (SSSR count). The van der Waals surface area contributed by atoms with Crippen LogP contribution in [0.15, 0.2) is 48.2 Å². The van der Waals surface area contributed by atoms with Crippen LogP contribution in [-0.2, 0) is 6.54 Å². The quantitative estimate of drug-likeness (QED) is 0.870. The molecule has 24 heavy (non-hydrogen) atoms. The molecule has 1 saturated heterocycles. The molecule has 2 aromatic rings. The number of Topliss-reactive ketones (excluding diaryl/α,β-unsaturated/α-hetero) is 1. The standard InChI is InChI=1S/C21H24N2O/c22-12-19-11-18(10-16-4-1-2-6-20(16)19)21(24)17-5-3-9-23(14-17)13-15-7-8-15/h1-2,4,6,10-11,13,17H,3,5,7-9,12,14,22H2. The highest BCUT2D eigenvalue weighted by Crippen LogP contribution is 2.30. The van der Waals surface area contributed by atoms with Crippen LogP contribution in [0.25, 0.3) is 10.8 Å². The van der Waals surface area contributed by atoms with E-state index in [1.54, 1.807) is 0 Å². The SMILES string of the molecule is NCc1cc(C(=O)C2CCCN(C=C3CC3)C2)cc2ccccc12.